The molecule has 29 heavy (non-hydrogen) atoms. The lowest BCUT2D eigenvalue weighted by molar-refractivity contribution is -0.133. The van der Waals surface area contributed by atoms with E-state index in [0.717, 1.165) is 10.0 Å². The summed E-state index contributed by atoms with van der Waals surface area (Å²) in [6, 6.07) is 12.5. The molecule has 0 aliphatic heterocycles. The van der Waals surface area contributed by atoms with Crippen molar-refractivity contribution in [3.8, 4) is 0 Å². The number of rotatable bonds is 5. The molecule has 0 unspecified atom stereocenters. The minimum Gasteiger partial charge on any atom is -0.335 e. The Morgan fingerprint density at radius 1 is 1.17 bits per heavy atom. The van der Waals surface area contributed by atoms with Crippen molar-refractivity contribution >= 4 is 44.3 Å². The zero-order valence-electron chi connectivity index (χ0n) is 16.4. The van der Waals surface area contributed by atoms with Crippen molar-refractivity contribution in [1.82, 2.24) is 14.5 Å². The number of nitrogens with zero attached hydrogens (tertiary/aromatic N) is 3. The highest BCUT2D eigenvalue weighted by Crippen LogP contribution is 2.20. The Hall–Kier alpha value is -3.00. The van der Waals surface area contributed by atoms with Crippen LogP contribution in [0.25, 0.3) is 10.9 Å². The fourth-order valence-corrected chi connectivity index (χ4v) is 3.46. The Balaban J connectivity index is 1.70. The van der Waals surface area contributed by atoms with Gasteiger partial charge < -0.3 is 10.2 Å². The summed E-state index contributed by atoms with van der Waals surface area (Å²) >= 11 is 3.38. The fraction of sp³-hybridized carbons (Fsp3) is 0.238. The molecule has 3 aromatic rings. The van der Waals surface area contributed by atoms with Gasteiger partial charge in [0.15, 0.2) is 0 Å². The number of carbonyl (C=O) groups excluding carboxylic acids is 2. The van der Waals surface area contributed by atoms with Crippen LogP contribution in [0.5, 0.6) is 0 Å². The first-order chi connectivity index (χ1) is 13.8. The summed E-state index contributed by atoms with van der Waals surface area (Å²) in [5.41, 5.74) is 1.91. The standard InChI is InChI=1S/C21H21BrN4O3/c1-13-10-15(22)8-9-17(13)24-19(27)11-25(3)20(28)12-26-14(2)23-18-7-5-4-6-16(18)21(26)29/h4-10H,11-12H2,1-3H3,(H,24,27). The molecule has 8 heteroatoms. The monoisotopic (exact) mass is 456 g/mol. The van der Waals surface area contributed by atoms with Crippen LogP contribution in [0, 0.1) is 13.8 Å². The second-order valence-corrected chi connectivity index (χ2v) is 7.74. The fourth-order valence-electron chi connectivity index (χ4n) is 2.98. The Labute approximate surface area is 176 Å². The molecule has 0 spiro atoms. The maximum Gasteiger partial charge on any atom is 0.261 e. The van der Waals surface area contributed by atoms with Crippen molar-refractivity contribution in [2.24, 2.45) is 0 Å². The maximum atomic E-state index is 12.7. The van der Waals surface area contributed by atoms with Crippen molar-refractivity contribution in [2.75, 3.05) is 18.9 Å². The lowest BCUT2D eigenvalue weighted by Gasteiger charge is -2.19. The van der Waals surface area contributed by atoms with Crippen molar-refractivity contribution in [3.63, 3.8) is 0 Å². The highest BCUT2D eigenvalue weighted by molar-refractivity contribution is 9.10. The summed E-state index contributed by atoms with van der Waals surface area (Å²) in [6.45, 7) is 3.27. The van der Waals surface area contributed by atoms with Gasteiger partial charge in [-0.3, -0.25) is 19.0 Å². The molecule has 0 atom stereocenters. The predicted molar refractivity (Wildman–Crippen MR) is 116 cm³/mol. The summed E-state index contributed by atoms with van der Waals surface area (Å²) in [5.74, 6) is -0.215. The van der Waals surface area contributed by atoms with Crippen molar-refractivity contribution in [2.45, 2.75) is 20.4 Å². The van der Waals surface area contributed by atoms with Gasteiger partial charge in [-0.1, -0.05) is 28.1 Å². The number of likely N-dealkylation sites (N-methyl/N-ethyl adjacent to an activating group) is 1. The lowest BCUT2D eigenvalue weighted by atomic mass is 10.2. The van der Waals surface area contributed by atoms with Crippen LogP contribution in [0.1, 0.15) is 11.4 Å². The zero-order chi connectivity index (χ0) is 21.1. The van der Waals surface area contributed by atoms with E-state index in [-0.39, 0.29) is 30.5 Å². The van der Waals surface area contributed by atoms with Gasteiger partial charge in [-0.2, -0.15) is 0 Å². The number of aryl methyl sites for hydroxylation is 2. The third-order valence-corrected chi connectivity index (χ3v) is 5.11. The smallest absolute Gasteiger partial charge is 0.261 e. The maximum absolute atomic E-state index is 12.7. The molecule has 0 fully saturated rings. The van der Waals surface area contributed by atoms with Crippen LogP contribution in [-0.4, -0.2) is 39.9 Å². The van der Waals surface area contributed by atoms with Gasteiger partial charge in [-0.25, -0.2) is 4.98 Å². The van der Waals surface area contributed by atoms with Crippen molar-refractivity contribution < 1.29 is 9.59 Å². The molecule has 3 rings (SSSR count). The molecule has 0 saturated heterocycles. The zero-order valence-corrected chi connectivity index (χ0v) is 18.0. The molecule has 0 saturated carbocycles. The third kappa shape index (κ3) is 4.71. The number of fused-ring (bicyclic) bond motifs is 1. The van der Waals surface area contributed by atoms with E-state index in [1.165, 1.54) is 16.5 Å². The van der Waals surface area contributed by atoms with E-state index in [0.29, 0.717) is 22.4 Å². The molecule has 0 radical (unpaired) electrons. The van der Waals surface area contributed by atoms with Gasteiger partial charge in [0.25, 0.3) is 5.56 Å². The van der Waals surface area contributed by atoms with E-state index in [9.17, 15) is 14.4 Å². The highest BCUT2D eigenvalue weighted by atomic mass is 79.9. The van der Waals surface area contributed by atoms with E-state index in [1.54, 1.807) is 31.2 Å². The van der Waals surface area contributed by atoms with E-state index in [2.05, 4.69) is 26.2 Å². The first-order valence-electron chi connectivity index (χ1n) is 9.02. The number of halogens is 1. The van der Waals surface area contributed by atoms with E-state index in [4.69, 9.17) is 0 Å². The average Bonchev–Trinajstić information content (AvgIpc) is 2.67. The minimum atomic E-state index is -0.352. The molecule has 0 aliphatic rings. The molecule has 0 aliphatic carbocycles. The Morgan fingerprint density at radius 2 is 1.90 bits per heavy atom. The van der Waals surface area contributed by atoms with Gasteiger partial charge in [0.05, 0.1) is 17.4 Å². The molecular weight excluding hydrogens is 436 g/mol. The van der Waals surface area contributed by atoms with Crippen LogP contribution >= 0.6 is 15.9 Å². The van der Waals surface area contributed by atoms with Gasteiger partial charge in [0, 0.05) is 17.2 Å². The second kappa shape index (κ2) is 8.57. The molecule has 1 N–H and O–H groups in total. The van der Waals surface area contributed by atoms with E-state index < -0.39 is 0 Å². The molecule has 2 amide bonds. The van der Waals surface area contributed by atoms with Crippen LogP contribution in [-0.2, 0) is 16.1 Å². The average molecular weight is 457 g/mol. The van der Waals surface area contributed by atoms with Crippen LogP contribution in [0.15, 0.2) is 51.7 Å². The van der Waals surface area contributed by atoms with Crippen LogP contribution in [0.3, 0.4) is 0 Å². The summed E-state index contributed by atoms with van der Waals surface area (Å²) in [4.78, 5) is 43.3. The number of aromatic nitrogens is 2. The summed E-state index contributed by atoms with van der Waals surface area (Å²) in [6.07, 6.45) is 0. The summed E-state index contributed by atoms with van der Waals surface area (Å²) in [7, 11) is 1.53. The van der Waals surface area contributed by atoms with Gasteiger partial charge in [0.2, 0.25) is 11.8 Å². The predicted octanol–water partition coefficient (Wildman–Crippen LogP) is 2.87. The highest BCUT2D eigenvalue weighted by Gasteiger charge is 2.17. The quantitative estimate of drug-likeness (QED) is 0.639. The number of hydrogen-bond donors (Lipinski definition) is 1. The first-order valence-corrected chi connectivity index (χ1v) is 9.81. The summed E-state index contributed by atoms with van der Waals surface area (Å²) < 4.78 is 2.25. The number of benzene rings is 2. The topological polar surface area (TPSA) is 84.3 Å². The molecule has 150 valence electrons. The van der Waals surface area contributed by atoms with Gasteiger partial charge in [-0.05, 0) is 49.7 Å². The van der Waals surface area contributed by atoms with E-state index >= 15 is 0 Å². The van der Waals surface area contributed by atoms with Gasteiger partial charge in [0.1, 0.15) is 12.4 Å². The number of anilines is 1. The van der Waals surface area contributed by atoms with Crippen LogP contribution in [0.4, 0.5) is 5.69 Å². The minimum absolute atomic E-state index is 0.122. The third-order valence-electron chi connectivity index (χ3n) is 4.61. The number of para-hydroxylation sites is 1. The molecule has 1 aromatic heterocycles. The SMILES string of the molecule is Cc1cc(Br)ccc1NC(=O)CN(C)C(=O)Cn1c(C)nc2ccccc2c1=O. The Morgan fingerprint density at radius 3 is 2.62 bits per heavy atom. The van der Waals surface area contributed by atoms with E-state index in [1.807, 2.05) is 25.1 Å². The number of carbonyl (C=O) groups is 2. The molecule has 7 nitrogen and oxygen atoms in total. The Kier molecular flexibility index (Phi) is 6.12. The largest absolute Gasteiger partial charge is 0.335 e. The molecule has 2 aromatic carbocycles. The number of amides is 2. The van der Waals surface area contributed by atoms with Crippen molar-refractivity contribution in [1.29, 1.82) is 0 Å². The molecule has 1 heterocycles. The Bertz CT molecular complexity index is 1160. The van der Waals surface area contributed by atoms with Crippen LogP contribution < -0.4 is 10.9 Å². The number of nitrogens with one attached hydrogen (secondary N) is 1. The summed E-state index contributed by atoms with van der Waals surface area (Å²) in [5, 5.41) is 3.26. The second-order valence-electron chi connectivity index (χ2n) is 6.82. The van der Waals surface area contributed by atoms with Crippen molar-refractivity contribution in [3.05, 3.63) is 68.7 Å². The normalized spacial score (nSPS) is 10.8. The van der Waals surface area contributed by atoms with Gasteiger partial charge in [-0.15, -0.1) is 0 Å². The molecule has 0 bridgehead atoms. The van der Waals surface area contributed by atoms with Gasteiger partial charge >= 0.3 is 0 Å². The number of hydrogen-bond acceptors (Lipinski definition) is 4. The molecular formula is C21H21BrN4O3. The van der Waals surface area contributed by atoms with Crippen LogP contribution in [0.2, 0.25) is 0 Å². The lowest BCUT2D eigenvalue weighted by Crippen LogP contribution is -2.39. The first kappa shape index (κ1) is 20.7.